The number of halogens is 1. The van der Waals surface area contributed by atoms with Crippen molar-refractivity contribution in [2.24, 2.45) is 0 Å². The minimum Gasteiger partial charge on any atom is -0.456 e. The number of hydrogen-bond donors (Lipinski definition) is 0. The first-order valence-corrected chi connectivity index (χ1v) is 8.82. The standard InChI is InChI=1S/C21H14ClN3O/c22-21-24-19(13-6-2-1-3-7-13)23-20(25-21)14-10-11-16-15-8-4-5-9-17(15)26-18(16)12-14/h1-9,11-12,14H,10H2. The lowest BCUT2D eigenvalue weighted by atomic mass is 9.98. The molecular weight excluding hydrogens is 346 g/mol. The molecule has 2 aromatic carbocycles. The van der Waals surface area contributed by atoms with Gasteiger partial charge in [0.2, 0.25) is 5.28 Å². The quantitative estimate of drug-likeness (QED) is 0.547. The molecule has 0 aliphatic heterocycles. The first kappa shape index (κ1) is 15.3. The van der Waals surface area contributed by atoms with Crippen LogP contribution in [-0.4, -0.2) is 15.0 Å². The van der Waals surface area contributed by atoms with Crippen LogP contribution in [0.25, 0.3) is 34.5 Å². The predicted molar refractivity (Wildman–Crippen MR) is 102 cm³/mol. The lowest BCUT2D eigenvalue weighted by molar-refractivity contribution is 0.568. The SMILES string of the molecule is Clc1nc(-c2ccccc2)nc(C2C=c3oc4ccccc4c3=CC2)n1. The van der Waals surface area contributed by atoms with E-state index >= 15 is 0 Å². The molecule has 0 radical (unpaired) electrons. The number of hydrogen-bond acceptors (Lipinski definition) is 4. The summed E-state index contributed by atoms with van der Waals surface area (Å²) in [6.45, 7) is 0. The minimum absolute atomic E-state index is 0.00558. The van der Waals surface area contributed by atoms with Gasteiger partial charge in [-0.25, -0.2) is 9.97 Å². The molecule has 4 nitrogen and oxygen atoms in total. The van der Waals surface area contributed by atoms with Crippen LogP contribution in [-0.2, 0) is 0 Å². The highest BCUT2D eigenvalue weighted by Crippen LogP contribution is 2.24. The molecule has 5 rings (SSSR count). The summed E-state index contributed by atoms with van der Waals surface area (Å²) in [7, 11) is 0. The van der Waals surface area contributed by atoms with Crippen LogP contribution >= 0.6 is 11.6 Å². The van der Waals surface area contributed by atoms with Crippen LogP contribution in [0.15, 0.2) is 59.0 Å². The van der Waals surface area contributed by atoms with E-state index in [4.69, 9.17) is 16.0 Å². The minimum atomic E-state index is 0.00558. The lowest BCUT2D eigenvalue weighted by Gasteiger charge is -2.12. The second-order valence-electron chi connectivity index (χ2n) is 6.24. The summed E-state index contributed by atoms with van der Waals surface area (Å²) in [4.78, 5) is 13.3. The average molecular weight is 360 g/mol. The Morgan fingerprint density at radius 1 is 0.923 bits per heavy atom. The highest BCUT2D eigenvalue weighted by molar-refractivity contribution is 6.28. The molecule has 0 bridgehead atoms. The molecule has 0 spiro atoms. The fraction of sp³-hybridized carbons (Fsp3) is 0.0952. The Morgan fingerprint density at radius 2 is 1.73 bits per heavy atom. The van der Waals surface area contributed by atoms with Crippen molar-refractivity contribution in [3.8, 4) is 11.4 Å². The normalized spacial score (nSPS) is 16.0. The molecule has 26 heavy (non-hydrogen) atoms. The van der Waals surface area contributed by atoms with Crippen LogP contribution in [0.3, 0.4) is 0 Å². The van der Waals surface area contributed by atoms with Gasteiger partial charge in [-0.05, 0) is 30.2 Å². The van der Waals surface area contributed by atoms with Crippen LogP contribution in [0.2, 0.25) is 5.28 Å². The first-order chi connectivity index (χ1) is 12.8. The maximum atomic E-state index is 6.17. The molecule has 0 amide bonds. The molecule has 1 atom stereocenters. The number of furan rings is 1. The molecule has 0 saturated heterocycles. The Kier molecular flexibility index (Phi) is 3.57. The van der Waals surface area contributed by atoms with Gasteiger partial charge in [-0.2, -0.15) is 4.98 Å². The Balaban J connectivity index is 1.62. The van der Waals surface area contributed by atoms with Gasteiger partial charge in [0.05, 0.1) is 0 Å². The second-order valence-corrected chi connectivity index (χ2v) is 6.58. The molecule has 2 heterocycles. The smallest absolute Gasteiger partial charge is 0.226 e. The maximum Gasteiger partial charge on any atom is 0.226 e. The van der Waals surface area contributed by atoms with Gasteiger partial charge in [-0.3, -0.25) is 0 Å². The number of nitrogens with zero attached hydrogens (tertiary/aromatic N) is 3. The molecule has 5 heteroatoms. The van der Waals surface area contributed by atoms with Crippen LogP contribution in [0.4, 0.5) is 0 Å². The number of benzene rings is 2. The topological polar surface area (TPSA) is 51.8 Å². The molecule has 0 fully saturated rings. The van der Waals surface area contributed by atoms with Crippen molar-refractivity contribution in [1.29, 1.82) is 0 Å². The van der Waals surface area contributed by atoms with Gasteiger partial charge in [-0.1, -0.05) is 54.6 Å². The number of para-hydroxylation sites is 1. The summed E-state index contributed by atoms with van der Waals surface area (Å²) in [6, 6.07) is 17.9. The molecule has 126 valence electrons. The zero-order chi connectivity index (χ0) is 17.5. The first-order valence-electron chi connectivity index (χ1n) is 8.44. The van der Waals surface area contributed by atoms with E-state index in [1.54, 1.807) is 0 Å². The lowest BCUT2D eigenvalue weighted by Crippen LogP contribution is -2.25. The van der Waals surface area contributed by atoms with Crippen LogP contribution in [0.1, 0.15) is 18.2 Å². The van der Waals surface area contributed by atoms with Crippen molar-refractivity contribution in [2.75, 3.05) is 0 Å². The zero-order valence-electron chi connectivity index (χ0n) is 13.8. The molecule has 0 saturated carbocycles. The van der Waals surface area contributed by atoms with E-state index in [1.165, 1.54) is 0 Å². The third-order valence-electron chi connectivity index (χ3n) is 4.58. The largest absolute Gasteiger partial charge is 0.456 e. The molecule has 2 aromatic heterocycles. The number of fused-ring (bicyclic) bond motifs is 3. The fourth-order valence-electron chi connectivity index (χ4n) is 3.34. The van der Waals surface area contributed by atoms with Gasteiger partial charge in [-0.15, -0.1) is 0 Å². The molecule has 1 aliphatic rings. The number of aromatic nitrogens is 3. The van der Waals surface area contributed by atoms with Gasteiger partial charge in [0.25, 0.3) is 0 Å². The van der Waals surface area contributed by atoms with Gasteiger partial charge in [0, 0.05) is 22.1 Å². The van der Waals surface area contributed by atoms with Crippen molar-refractivity contribution >= 4 is 34.7 Å². The van der Waals surface area contributed by atoms with Gasteiger partial charge in [0.1, 0.15) is 16.8 Å². The average Bonchev–Trinajstić information content (AvgIpc) is 3.06. The van der Waals surface area contributed by atoms with Gasteiger partial charge >= 0.3 is 0 Å². The molecule has 0 N–H and O–H groups in total. The summed E-state index contributed by atoms with van der Waals surface area (Å²) in [6.07, 6.45) is 5.06. The zero-order valence-corrected chi connectivity index (χ0v) is 14.5. The van der Waals surface area contributed by atoms with Crippen LogP contribution in [0.5, 0.6) is 0 Å². The van der Waals surface area contributed by atoms with E-state index < -0.39 is 0 Å². The molecule has 4 aromatic rings. The van der Waals surface area contributed by atoms with Gasteiger partial charge < -0.3 is 4.42 Å². The van der Waals surface area contributed by atoms with Crippen molar-refractivity contribution in [3.63, 3.8) is 0 Å². The van der Waals surface area contributed by atoms with Crippen molar-refractivity contribution in [1.82, 2.24) is 15.0 Å². The van der Waals surface area contributed by atoms with E-state index in [-0.39, 0.29) is 11.2 Å². The van der Waals surface area contributed by atoms with Crippen molar-refractivity contribution in [2.45, 2.75) is 12.3 Å². The van der Waals surface area contributed by atoms with Crippen LogP contribution < -0.4 is 10.6 Å². The Bertz CT molecular complexity index is 1230. The van der Waals surface area contributed by atoms with Gasteiger partial charge in [0.15, 0.2) is 5.82 Å². The Morgan fingerprint density at radius 3 is 2.62 bits per heavy atom. The third kappa shape index (κ3) is 2.59. The highest BCUT2D eigenvalue weighted by atomic mass is 35.5. The van der Waals surface area contributed by atoms with E-state index in [2.05, 4.69) is 33.2 Å². The molecule has 1 unspecified atom stereocenters. The summed E-state index contributed by atoms with van der Waals surface area (Å²) < 4.78 is 6.00. The fourth-order valence-corrected chi connectivity index (χ4v) is 3.51. The Hall–Kier alpha value is -2.98. The maximum absolute atomic E-state index is 6.17. The summed E-state index contributed by atoms with van der Waals surface area (Å²) in [5.41, 5.74) is 2.67. The molecular formula is C21H14ClN3O. The predicted octanol–water partition coefficient (Wildman–Crippen LogP) is 3.69. The van der Waals surface area contributed by atoms with E-state index in [9.17, 15) is 0 Å². The summed E-state index contributed by atoms with van der Waals surface area (Å²) >= 11 is 6.17. The van der Waals surface area contributed by atoms with Crippen LogP contribution in [0, 0.1) is 0 Å². The summed E-state index contributed by atoms with van der Waals surface area (Å²) in [5, 5.41) is 2.48. The van der Waals surface area contributed by atoms with E-state index in [0.717, 1.165) is 33.6 Å². The number of rotatable bonds is 2. The molecule has 1 aliphatic carbocycles. The van der Waals surface area contributed by atoms with E-state index in [1.807, 2.05) is 48.5 Å². The van der Waals surface area contributed by atoms with Crippen molar-refractivity contribution in [3.05, 3.63) is 76.3 Å². The summed E-state index contributed by atoms with van der Waals surface area (Å²) in [5.74, 6) is 1.25. The van der Waals surface area contributed by atoms with E-state index in [0.29, 0.717) is 11.6 Å². The second kappa shape index (κ2) is 6.07. The highest BCUT2D eigenvalue weighted by Gasteiger charge is 2.18. The third-order valence-corrected chi connectivity index (χ3v) is 4.75. The Labute approximate surface area is 154 Å². The monoisotopic (exact) mass is 359 g/mol. The van der Waals surface area contributed by atoms with Crippen molar-refractivity contribution < 1.29 is 4.42 Å².